The maximum absolute atomic E-state index is 11.9. The highest BCUT2D eigenvalue weighted by Gasteiger charge is 2.19. The summed E-state index contributed by atoms with van der Waals surface area (Å²) < 4.78 is 5.09. The van der Waals surface area contributed by atoms with Crippen LogP contribution in [0.2, 0.25) is 0 Å². The quantitative estimate of drug-likeness (QED) is 0.762. The number of benzene rings is 2. The van der Waals surface area contributed by atoms with Gasteiger partial charge in [-0.15, -0.1) is 0 Å². The second kappa shape index (κ2) is 7.84. The number of carbonyl (C=O) groups is 2. The summed E-state index contributed by atoms with van der Waals surface area (Å²) in [5.41, 5.74) is 1.41. The number of rotatable bonds is 6. The fourth-order valence-corrected chi connectivity index (χ4v) is 2.04. The topological polar surface area (TPSA) is 95.9 Å². The zero-order valence-electron chi connectivity index (χ0n) is 12.3. The van der Waals surface area contributed by atoms with Gasteiger partial charge < -0.3 is 20.3 Å². The predicted octanol–water partition coefficient (Wildman–Crippen LogP) is 2.83. The van der Waals surface area contributed by atoms with Crippen molar-refractivity contribution in [2.24, 2.45) is 0 Å². The summed E-state index contributed by atoms with van der Waals surface area (Å²) in [6.07, 6.45) is -0.987. The second-order valence-corrected chi connectivity index (χ2v) is 4.95. The number of carbonyl (C=O) groups excluding carboxylic acids is 1. The van der Waals surface area contributed by atoms with E-state index in [1.165, 1.54) is 12.1 Å². The van der Waals surface area contributed by atoms with Crippen LogP contribution in [-0.2, 0) is 16.1 Å². The number of hydrogen-bond acceptors (Lipinski definition) is 4. The van der Waals surface area contributed by atoms with Gasteiger partial charge in [-0.2, -0.15) is 0 Å². The predicted molar refractivity (Wildman–Crippen MR) is 82.9 cm³/mol. The number of alkyl carbamates (subject to hydrolysis) is 1. The van der Waals surface area contributed by atoms with Gasteiger partial charge in [-0.1, -0.05) is 42.5 Å². The van der Waals surface area contributed by atoms with Crippen LogP contribution in [0.25, 0.3) is 0 Å². The van der Waals surface area contributed by atoms with Gasteiger partial charge in [0.05, 0.1) is 12.5 Å². The van der Waals surface area contributed by atoms with E-state index in [0.29, 0.717) is 5.56 Å². The minimum absolute atomic E-state index is 0.0643. The van der Waals surface area contributed by atoms with Gasteiger partial charge in [-0.3, -0.25) is 4.79 Å². The molecule has 120 valence electrons. The number of hydrogen-bond donors (Lipinski definition) is 3. The van der Waals surface area contributed by atoms with Crippen LogP contribution in [0, 0.1) is 0 Å². The van der Waals surface area contributed by atoms with Crippen molar-refractivity contribution in [2.45, 2.75) is 19.1 Å². The molecule has 0 aliphatic carbocycles. The van der Waals surface area contributed by atoms with Crippen LogP contribution in [0.3, 0.4) is 0 Å². The molecule has 1 amide bonds. The summed E-state index contributed by atoms with van der Waals surface area (Å²) in [6.45, 7) is 0.0992. The molecule has 2 rings (SSSR count). The number of phenols is 1. The average molecular weight is 315 g/mol. The molecule has 0 radical (unpaired) electrons. The van der Waals surface area contributed by atoms with Gasteiger partial charge in [0.15, 0.2) is 0 Å². The van der Waals surface area contributed by atoms with E-state index in [2.05, 4.69) is 5.32 Å². The molecule has 0 spiro atoms. The molecular weight excluding hydrogens is 298 g/mol. The Labute approximate surface area is 133 Å². The molecule has 0 fully saturated rings. The van der Waals surface area contributed by atoms with Crippen LogP contribution in [-0.4, -0.2) is 22.3 Å². The van der Waals surface area contributed by atoms with Crippen molar-refractivity contribution in [1.82, 2.24) is 5.32 Å². The van der Waals surface area contributed by atoms with E-state index in [4.69, 9.17) is 9.84 Å². The van der Waals surface area contributed by atoms with Crippen molar-refractivity contribution < 1.29 is 24.5 Å². The molecule has 0 saturated heterocycles. The van der Waals surface area contributed by atoms with Gasteiger partial charge in [-0.25, -0.2) is 4.79 Å². The molecule has 6 heteroatoms. The van der Waals surface area contributed by atoms with E-state index < -0.39 is 18.1 Å². The first kappa shape index (κ1) is 16.4. The lowest BCUT2D eigenvalue weighted by atomic mass is 10.0. The Morgan fingerprint density at radius 1 is 1.04 bits per heavy atom. The minimum Gasteiger partial charge on any atom is -0.508 e. The molecule has 3 N–H and O–H groups in total. The summed E-state index contributed by atoms with van der Waals surface area (Å²) in [6, 6.07) is 14.4. The second-order valence-electron chi connectivity index (χ2n) is 4.95. The van der Waals surface area contributed by atoms with Gasteiger partial charge in [0.2, 0.25) is 0 Å². The smallest absolute Gasteiger partial charge is 0.407 e. The highest BCUT2D eigenvalue weighted by molar-refractivity contribution is 5.72. The van der Waals surface area contributed by atoms with Crippen LogP contribution >= 0.6 is 0 Å². The molecule has 0 aliphatic heterocycles. The highest BCUT2D eigenvalue weighted by atomic mass is 16.5. The Morgan fingerprint density at radius 3 is 2.30 bits per heavy atom. The largest absolute Gasteiger partial charge is 0.508 e. The normalized spacial score (nSPS) is 11.5. The molecule has 0 saturated carbocycles. The summed E-state index contributed by atoms with van der Waals surface area (Å²) in [7, 11) is 0. The number of nitrogens with one attached hydrogen (secondary N) is 1. The van der Waals surface area contributed by atoms with Gasteiger partial charge >= 0.3 is 12.1 Å². The molecule has 2 aromatic carbocycles. The summed E-state index contributed by atoms with van der Waals surface area (Å²) >= 11 is 0. The number of ether oxygens (including phenoxy) is 1. The fourth-order valence-electron chi connectivity index (χ4n) is 2.04. The fraction of sp³-hybridized carbons (Fsp3) is 0.176. The van der Waals surface area contributed by atoms with E-state index in [1.54, 1.807) is 12.1 Å². The number of carboxylic acids is 1. The Morgan fingerprint density at radius 2 is 1.70 bits per heavy atom. The van der Waals surface area contributed by atoms with Crippen molar-refractivity contribution >= 4 is 12.1 Å². The molecular formula is C17H17NO5. The van der Waals surface area contributed by atoms with Gasteiger partial charge in [0.25, 0.3) is 0 Å². The van der Waals surface area contributed by atoms with Crippen LogP contribution in [0.4, 0.5) is 4.79 Å². The first-order valence-corrected chi connectivity index (χ1v) is 7.02. The van der Waals surface area contributed by atoms with E-state index in [0.717, 1.165) is 5.56 Å². The molecule has 6 nitrogen and oxygen atoms in total. The van der Waals surface area contributed by atoms with Crippen LogP contribution < -0.4 is 5.32 Å². The van der Waals surface area contributed by atoms with Crippen molar-refractivity contribution in [3.05, 3.63) is 65.7 Å². The molecule has 1 unspecified atom stereocenters. The van der Waals surface area contributed by atoms with Gasteiger partial charge in [0.1, 0.15) is 12.4 Å². The molecule has 0 bridgehead atoms. The monoisotopic (exact) mass is 315 g/mol. The van der Waals surface area contributed by atoms with Crippen LogP contribution in [0.5, 0.6) is 5.75 Å². The highest BCUT2D eigenvalue weighted by Crippen LogP contribution is 2.20. The standard InChI is InChI=1S/C17H17NO5/c19-14-8-6-13(7-9-14)15(10-16(20)21)18-17(22)23-11-12-4-2-1-3-5-12/h1-9,15,19H,10-11H2,(H,18,22)(H,20,21). The lowest BCUT2D eigenvalue weighted by molar-refractivity contribution is -0.137. The zero-order valence-corrected chi connectivity index (χ0v) is 12.3. The first-order valence-electron chi connectivity index (χ1n) is 7.02. The summed E-state index contributed by atoms with van der Waals surface area (Å²) in [4.78, 5) is 22.8. The third-order valence-electron chi connectivity index (χ3n) is 3.18. The maximum atomic E-state index is 11.9. The molecule has 1 atom stereocenters. The Balaban J connectivity index is 1.98. The summed E-state index contributed by atoms with van der Waals surface area (Å²) in [5.74, 6) is -0.985. The number of phenolic OH excluding ortho intramolecular Hbond substituents is 1. The number of aliphatic carboxylic acids is 1. The number of aromatic hydroxyl groups is 1. The maximum Gasteiger partial charge on any atom is 0.407 e. The Hall–Kier alpha value is -3.02. The third-order valence-corrected chi connectivity index (χ3v) is 3.18. The van der Waals surface area contributed by atoms with Crippen LogP contribution in [0.15, 0.2) is 54.6 Å². The number of amides is 1. The van der Waals surface area contributed by atoms with Crippen molar-refractivity contribution in [1.29, 1.82) is 0 Å². The van der Waals surface area contributed by atoms with Crippen molar-refractivity contribution in [2.75, 3.05) is 0 Å². The van der Waals surface area contributed by atoms with Crippen LogP contribution in [0.1, 0.15) is 23.6 Å². The Kier molecular flexibility index (Phi) is 5.57. The average Bonchev–Trinajstić information content (AvgIpc) is 2.53. The van der Waals surface area contributed by atoms with Gasteiger partial charge in [-0.05, 0) is 23.3 Å². The number of carboxylic acid groups (broad SMARTS) is 1. The minimum atomic E-state index is -1.05. The molecule has 23 heavy (non-hydrogen) atoms. The van der Waals surface area contributed by atoms with E-state index in [-0.39, 0.29) is 18.8 Å². The van der Waals surface area contributed by atoms with Crippen molar-refractivity contribution in [3.8, 4) is 5.75 Å². The summed E-state index contributed by atoms with van der Waals surface area (Å²) in [5, 5.41) is 20.8. The molecule has 0 aliphatic rings. The van der Waals surface area contributed by atoms with Crippen molar-refractivity contribution in [3.63, 3.8) is 0 Å². The lowest BCUT2D eigenvalue weighted by Gasteiger charge is -2.17. The third kappa shape index (κ3) is 5.35. The Bertz CT molecular complexity index is 654. The molecule has 0 aromatic heterocycles. The molecule has 0 heterocycles. The molecule has 2 aromatic rings. The van der Waals surface area contributed by atoms with E-state index in [1.807, 2.05) is 30.3 Å². The zero-order chi connectivity index (χ0) is 16.7. The first-order chi connectivity index (χ1) is 11.0. The SMILES string of the molecule is O=C(O)CC(NC(=O)OCc1ccccc1)c1ccc(O)cc1. The van der Waals surface area contributed by atoms with Gasteiger partial charge in [0, 0.05) is 0 Å². The lowest BCUT2D eigenvalue weighted by Crippen LogP contribution is -2.30. The van der Waals surface area contributed by atoms with E-state index in [9.17, 15) is 14.7 Å². The van der Waals surface area contributed by atoms with E-state index >= 15 is 0 Å².